The van der Waals surface area contributed by atoms with Crippen molar-refractivity contribution < 1.29 is 23.8 Å². The molecule has 25 heavy (non-hydrogen) atoms. The highest BCUT2D eigenvalue weighted by atomic mass is 16.6. The minimum Gasteiger partial charge on any atom is -0.497 e. The van der Waals surface area contributed by atoms with Gasteiger partial charge in [-0.2, -0.15) is 0 Å². The molecule has 0 aliphatic carbocycles. The van der Waals surface area contributed by atoms with Crippen molar-refractivity contribution in [2.24, 2.45) is 0 Å². The normalized spacial score (nSPS) is 10.0. The maximum absolute atomic E-state index is 12.7. The van der Waals surface area contributed by atoms with Crippen molar-refractivity contribution in [1.82, 2.24) is 0 Å². The van der Waals surface area contributed by atoms with Crippen LogP contribution in [0.2, 0.25) is 0 Å². The summed E-state index contributed by atoms with van der Waals surface area (Å²) in [6, 6.07) is 12.2. The number of carbonyl (C=O) groups excluding carboxylic acids is 2. The van der Waals surface area contributed by atoms with Crippen molar-refractivity contribution in [2.45, 2.75) is 6.92 Å². The zero-order valence-corrected chi connectivity index (χ0v) is 14.3. The second kappa shape index (κ2) is 8.68. The van der Waals surface area contributed by atoms with E-state index in [-0.39, 0.29) is 19.0 Å². The Kier molecular flexibility index (Phi) is 6.34. The van der Waals surface area contributed by atoms with Crippen LogP contribution >= 0.6 is 0 Å². The maximum atomic E-state index is 12.7. The molecule has 2 aromatic rings. The van der Waals surface area contributed by atoms with Crippen molar-refractivity contribution in [1.29, 1.82) is 0 Å². The lowest BCUT2D eigenvalue weighted by Gasteiger charge is -2.12. The number of hydrogen-bond donors (Lipinski definition) is 0. The van der Waals surface area contributed by atoms with Crippen LogP contribution in [-0.2, 0) is 9.53 Å². The molecule has 0 bridgehead atoms. The highest BCUT2D eigenvalue weighted by Gasteiger charge is 2.15. The Bertz CT molecular complexity index is 762. The van der Waals surface area contributed by atoms with Crippen LogP contribution in [0.4, 0.5) is 0 Å². The Balaban J connectivity index is 2.14. The molecule has 0 saturated carbocycles. The molecule has 0 amide bonds. The third kappa shape index (κ3) is 4.94. The fraction of sp³-hybridized carbons (Fsp3) is 0.200. The number of rotatable bonds is 8. The minimum atomic E-state index is -0.512. The van der Waals surface area contributed by atoms with Crippen LogP contribution in [0.15, 0.2) is 55.1 Å². The largest absolute Gasteiger partial charge is 0.497 e. The number of carbonyl (C=O) groups is 2. The van der Waals surface area contributed by atoms with E-state index in [1.165, 1.54) is 0 Å². The first-order valence-corrected chi connectivity index (χ1v) is 7.76. The SMILES string of the molecule is C=CC(=O)OCCOc1cc(C)ccc1C(=O)c1ccc(OC)cc1. The lowest BCUT2D eigenvalue weighted by atomic mass is 10.0. The van der Waals surface area contributed by atoms with E-state index < -0.39 is 5.97 Å². The molecule has 130 valence electrons. The molecule has 0 aromatic heterocycles. The molecule has 5 nitrogen and oxygen atoms in total. The Morgan fingerprint density at radius 2 is 1.80 bits per heavy atom. The fourth-order valence-electron chi connectivity index (χ4n) is 2.19. The van der Waals surface area contributed by atoms with E-state index in [4.69, 9.17) is 14.2 Å². The lowest BCUT2D eigenvalue weighted by Crippen LogP contribution is -2.12. The molecule has 0 fully saturated rings. The Morgan fingerprint density at radius 3 is 2.44 bits per heavy atom. The zero-order chi connectivity index (χ0) is 18.2. The standard InChI is InChI=1S/C20H20O5/c1-4-19(21)25-12-11-24-18-13-14(2)5-10-17(18)20(22)15-6-8-16(23-3)9-7-15/h4-10,13H,1,11-12H2,2-3H3. The quantitative estimate of drug-likeness (QED) is 0.319. The van der Waals surface area contributed by atoms with Gasteiger partial charge in [0, 0.05) is 11.6 Å². The summed E-state index contributed by atoms with van der Waals surface area (Å²) >= 11 is 0. The van der Waals surface area contributed by atoms with Crippen molar-refractivity contribution >= 4 is 11.8 Å². The molecule has 2 aromatic carbocycles. The van der Waals surface area contributed by atoms with E-state index in [9.17, 15) is 9.59 Å². The number of benzene rings is 2. The maximum Gasteiger partial charge on any atom is 0.330 e. The summed E-state index contributed by atoms with van der Waals surface area (Å²) in [5.41, 5.74) is 1.95. The molecule has 5 heteroatoms. The molecular formula is C20H20O5. The van der Waals surface area contributed by atoms with Gasteiger partial charge in [-0.25, -0.2) is 4.79 Å². The molecule has 0 spiro atoms. The van der Waals surface area contributed by atoms with E-state index in [0.29, 0.717) is 22.6 Å². The first-order chi connectivity index (χ1) is 12.0. The van der Waals surface area contributed by atoms with Gasteiger partial charge >= 0.3 is 5.97 Å². The Hall–Kier alpha value is -3.08. The lowest BCUT2D eigenvalue weighted by molar-refractivity contribution is -0.138. The molecule has 2 rings (SSSR count). The second-order valence-electron chi connectivity index (χ2n) is 5.28. The van der Waals surface area contributed by atoms with Crippen molar-refractivity contribution in [2.75, 3.05) is 20.3 Å². The van der Waals surface area contributed by atoms with Gasteiger partial charge in [-0.05, 0) is 48.9 Å². The van der Waals surface area contributed by atoms with Gasteiger partial charge in [0.2, 0.25) is 0 Å². The summed E-state index contributed by atoms with van der Waals surface area (Å²) in [6.45, 7) is 5.46. The number of ketones is 1. The molecule has 0 radical (unpaired) electrons. The average Bonchev–Trinajstić information content (AvgIpc) is 2.64. The highest BCUT2D eigenvalue weighted by molar-refractivity contribution is 6.10. The fourth-order valence-corrected chi connectivity index (χ4v) is 2.19. The van der Waals surface area contributed by atoms with Crippen LogP contribution in [0.1, 0.15) is 21.5 Å². The van der Waals surface area contributed by atoms with Gasteiger partial charge < -0.3 is 14.2 Å². The molecule has 0 atom stereocenters. The van der Waals surface area contributed by atoms with E-state index in [2.05, 4.69) is 6.58 Å². The molecular weight excluding hydrogens is 320 g/mol. The first kappa shape index (κ1) is 18.3. The number of aryl methyl sites for hydroxylation is 1. The van der Waals surface area contributed by atoms with Gasteiger partial charge in [0.15, 0.2) is 5.78 Å². The van der Waals surface area contributed by atoms with Crippen LogP contribution in [0, 0.1) is 6.92 Å². The smallest absolute Gasteiger partial charge is 0.330 e. The van der Waals surface area contributed by atoms with Crippen LogP contribution in [0.5, 0.6) is 11.5 Å². The molecule has 0 unspecified atom stereocenters. The monoisotopic (exact) mass is 340 g/mol. The Labute approximate surface area is 146 Å². The predicted molar refractivity (Wildman–Crippen MR) is 94.3 cm³/mol. The van der Waals surface area contributed by atoms with Crippen molar-refractivity contribution in [3.63, 3.8) is 0 Å². The van der Waals surface area contributed by atoms with Gasteiger partial charge in [0.25, 0.3) is 0 Å². The number of esters is 1. The third-order valence-corrected chi connectivity index (χ3v) is 3.49. The summed E-state index contributed by atoms with van der Waals surface area (Å²) in [6.07, 6.45) is 1.09. The van der Waals surface area contributed by atoms with Crippen molar-refractivity contribution in [3.05, 3.63) is 71.8 Å². The molecule has 0 aliphatic heterocycles. The van der Waals surface area contributed by atoms with Crippen LogP contribution < -0.4 is 9.47 Å². The molecule has 0 heterocycles. The molecule has 0 saturated heterocycles. The topological polar surface area (TPSA) is 61.8 Å². The summed E-state index contributed by atoms with van der Waals surface area (Å²) in [5.74, 6) is 0.472. The average molecular weight is 340 g/mol. The number of ether oxygens (including phenoxy) is 3. The summed E-state index contributed by atoms with van der Waals surface area (Å²) in [7, 11) is 1.57. The second-order valence-corrected chi connectivity index (χ2v) is 5.28. The predicted octanol–water partition coefficient (Wildman–Crippen LogP) is 3.34. The zero-order valence-electron chi connectivity index (χ0n) is 14.3. The van der Waals surface area contributed by atoms with Gasteiger partial charge in [-0.3, -0.25) is 4.79 Å². The highest BCUT2D eigenvalue weighted by Crippen LogP contribution is 2.24. The van der Waals surface area contributed by atoms with E-state index >= 15 is 0 Å². The van der Waals surface area contributed by atoms with Gasteiger partial charge in [0.05, 0.1) is 12.7 Å². The van der Waals surface area contributed by atoms with E-state index in [0.717, 1.165) is 11.6 Å². The number of hydrogen-bond acceptors (Lipinski definition) is 5. The summed E-state index contributed by atoms with van der Waals surface area (Å²) in [5, 5.41) is 0. The van der Waals surface area contributed by atoms with Crippen LogP contribution in [0.25, 0.3) is 0 Å². The first-order valence-electron chi connectivity index (χ1n) is 7.76. The summed E-state index contributed by atoms with van der Waals surface area (Å²) < 4.78 is 15.6. The minimum absolute atomic E-state index is 0.0783. The van der Waals surface area contributed by atoms with E-state index in [1.807, 2.05) is 13.0 Å². The van der Waals surface area contributed by atoms with E-state index in [1.54, 1.807) is 43.5 Å². The molecule has 0 N–H and O–H groups in total. The van der Waals surface area contributed by atoms with Crippen LogP contribution in [-0.4, -0.2) is 32.1 Å². The Morgan fingerprint density at radius 1 is 1.08 bits per heavy atom. The van der Waals surface area contributed by atoms with Crippen LogP contribution in [0.3, 0.4) is 0 Å². The third-order valence-electron chi connectivity index (χ3n) is 3.49. The van der Waals surface area contributed by atoms with Gasteiger partial charge in [-0.15, -0.1) is 0 Å². The van der Waals surface area contributed by atoms with Gasteiger partial charge in [-0.1, -0.05) is 12.6 Å². The number of methoxy groups -OCH3 is 1. The summed E-state index contributed by atoms with van der Waals surface area (Å²) in [4.78, 5) is 23.8. The van der Waals surface area contributed by atoms with Gasteiger partial charge in [0.1, 0.15) is 24.7 Å². The molecule has 0 aliphatic rings. The van der Waals surface area contributed by atoms with Crippen molar-refractivity contribution in [3.8, 4) is 11.5 Å².